The lowest BCUT2D eigenvalue weighted by atomic mass is 10.1. The van der Waals surface area contributed by atoms with Crippen LogP contribution in [0.5, 0.6) is 0 Å². The van der Waals surface area contributed by atoms with E-state index in [1.54, 1.807) is 11.3 Å². The van der Waals surface area contributed by atoms with Gasteiger partial charge in [-0.3, -0.25) is 4.68 Å². The zero-order chi connectivity index (χ0) is 15.5. The molecule has 0 saturated heterocycles. The third-order valence-corrected chi connectivity index (χ3v) is 4.65. The highest BCUT2D eigenvalue weighted by atomic mass is 32.1. The maximum atomic E-state index is 6.07. The molecule has 0 bridgehead atoms. The van der Waals surface area contributed by atoms with E-state index >= 15 is 0 Å². The van der Waals surface area contributed by atoms with Crippen LogP contribution >= 0.6 is 11.3 Å². The largest absolute Gasteiger partial charge is 0.365 e. The van der Waals surface area contributed by atoms with Crippen molar-refractivity contribution in [2.75, 3.05) is 12.4 Å². The fraction of sp³-hybridized carbons (Fsp3) is 0.250. The van der Waals surface area contributed by atoms with Crippen molar-refractivity contribution >= 4 is 16.5 Å². The van der Waals surface area contributed by atoms with Crippen LogP contribution in [0.1, 0.15) is 23.4 Å². The van der Waals surface area contributed by atoms with Crippen LogP contribution in [0.2, 0.25) is 0 Å². The molecule has 0 amide bonds. The summed E-state index contributed by atoms with van der Waals surface area (Å²) in [5, 5.41) is 8.40. The molecule has 1 aromatic carbocycles. The van der Waals surface area contributed by atoms with Gasteiger partial charge >= 0.3 is 0 Å². The van der Waals surface area contributed by atoms with E-state index in [-0.39, 0.29) is 6.04 Å². The first-order valence-electron chi connectivity index (χ1n) is 7.18. The number of aromatic nitrogens is 3. The third-order valence-electron chi connectivity index (χ3n) is 3.37. The van der Waals surface area contributed by atoms with Gasteiger partial charge in [-0.2, -0.15) is 5.10 Å². The minimum Gasteiger partial charge on any atom is -0.365 e. The van der Waals surface area contributed by atoms with Gasteiger partial charge < -0.3 is 11.1 Å². The molecule has 3 N–H and O–H groups in total. The number of hydrogen-bond donors (Lipinski definition) is 2. The van der Waals surface area contributed by atoms with Crippen LogP contribution in [0.4, 0.5) is 5.13 Å². The Hall–Kier alpha value is -2.18. The lowest BCUT2D eigenvalue weighted by Gasteiger charge is -2.03. The van der Waals surface area contributed by atoms with Crippen molar-refractivity contribution in [1.29, 1.82) is 0 Å². The molecular formula is C16H19N5S. The topological polar surface area (TPSA) is 68.8 Å². The second kappa shape index (κ2) is 6.29. The Labute approximate surface area is 133 Å². The summed E-state index contributed by atoms with van der Waals surface area (Å²) >= 11 is 1.59. The number of nitrogens with zero attached hydrogens (tertiary/aromatic N) is 3. The monoisotopic (exact) mass is 313 g/mol. The SMILES string of the molecule is CNc1nc(-c2cnn(Cc3ccccc3)c2)c(C(C)N)s1. The summed E-state index contributed by atoms with van der Waals surface area (Å²) in [7, 11) is 1.87. The van der Waals surface area contributed by atoms with Gasteiger partial charge in [0.15, 0.2) is 5.13 Å². The van der Waals surface area contributed by atoms with Gasteiger partial charge in [0.1, 0.15) is 0 Å². The van der Waals surface area contributed by atoms with E-state index in [1.807, 2.05) is 49.2 Å². The van der Waals surface area contributed by atoms with Gasteiger partial charge in [-0.25, -0.2) is 4.98 Å². The number of rotatable bonds is 5. The molecule has 3 rings (SSSR count). The van der Waals surface area contributed by atoms with Crippen LogP contribution in [0.3, 0.4) is 0 Å². The summed E-state index contributed by atoms with van der Waals surface area (Å²) < 4.78 is 1.92. The molecule has 1 atom stereocenters. The molecule has 2 aromatic heterocycles. The zero-order valence-corrected chi connectivity index (χ0v) is 13.5. The maximum Gasteiger partial charge on any atom is 0.183 e. The highest BCUT2D eigenvalue weighted by Gasteiger charge is 2.17. The highest BCUT2D eigenvalue weighted by Crippen LogP contribution is 2.34. The Morgan fingerprint density at radius 2 is 2.09 bits per heavy atom. The van der Waals surface area contributed by atoms with Crippen molar-refractivity contribution in [3.05, 3.63) is 53.2 Å². The van der Waals surface area contributed by atoms with Gasteiger partial charge in [0.2, 0.25) is 0 Å². The Morgan fingerprint density at radius 1 is 1.32 bits per heavy atom. The molecule has 0 spiro atoms. The van der Waals surface area contributed by atoms with E-state index in [4.69, 9.17) is 5.73 Å². The first-order chi connectivity index (χ1) is 10.7. The number of nitrogens with two attached hydrogens (primary N) is 1. The summed E-state index contributed by atoms with van der Waals surface area (Å²) in [5.41, 5.74) is 9.21. The average Bonchev–Trinajstić information content (AvgIpc) is 3.14. The summed E-state index contributed by atoms with van der Waals surface area (Å²) in [6.07, 6.45) is 3.87. The molecule has 5 nitrogen and oxygen atoms in total. The van der Waals surface area contributed by atoms with Crippen molar-refractivity contribution in [2.24, 2.45) is 5.73 Å². The van der Waals surface area contributed by atoms with E-state index < -0.39 is 0 Å². The minimum absolute atomic E-state index is 0.0490. The molecule has 0 fully saturated rings. The summed E-state index contributed by atoms with van der Waals surface area (Å²) in [4.78, 5) is 5.69. The predicted molar refractivity (Wildman–Crippen MR) is 91.0 cm³/mol. The van der Waals surface area contributed by atoms with Crippen LogP contribution in [0.15, 0.2) is 42.7 Å². The van der Waals surface area contributed by atoms with E-state index in [1.165, 1.54) is 5.56 Å². The van der Waals surface area contributed by atoms with E-state index in [0.29, 0.717) is 0 Å². The molecule has 0 aliphatic carbocycles. The standard InChI is InChI=1S/C16H19N5S/c1-11(17)15-14(20-16(18-2)22-15)13-8-19-21(10-13)9-12-6-4-3-5-7-12/h3-8,10-11H,9,17H2,1-2H3,(H,18,20). The van der Waals surface area contributed by atoms with Crippen LogP contribution < -0.4 is 11.1 Å². The van der Waals surface area contributed by atoms with Crippen molar-refractivity contribution in [3.8, 4) is 11.3 Å². The number of benzene rings is 1. The van der Waals surface area contributed by atoms with Gasteiger partial charge in [0.25, 0.3) is 0 Å². The highest BCUT2D eigenvalue weighted by molar-refractivity contribution is 7.16. The summed E-state index contributed by atoms with van der Waals surface area (Å²) in [6.45, 7) is 2.72. The van der Waals surface area contributed by atoms with Crippen molar-refractivity contribution in [1.82, 2.24) is 14.8 Å². The molecule has 0 aliphatic heterocycles. The average molecular weight is 313 g/mol. The van der Waals surface area contributed by atoms with E-state index in [9.17, 15) is 0 Å². The lowest BCUT2D eigenvalue weighted by molar-refractivity contribution is 0.687. The van der Waals surface area contributed by atoms with E-state index in [2.05, 4.69) is 27.5 Å². The second-order valence-electron chi connectivity index (χ2n) is 5.18. The number of nitrogens with one attached hydrogen (secondary N) is 1. The first-order valence-corrected chi connectivity index (χ1v) is 8.00. The minimum atomic E-state index is -0.0490. The molecule has 0 saturated carbocycles. The van der Waals surface area contributed by atoms with Gasteiger partial charge in [0.05, 0.1) is 23.3 Å². The molecular weight excluding hydrogens is 294 g/mol. The molecule has 1 unspecified atom stereocenters. The van der Waals surface area contributed by atoms with Gasteiger partial charge in [-0.05, 0) is 12.5 Å². The zero-order valence-electron chi connectivity index (χ0n) is 12.7. The molecule has 3 aromatic rings. The fourth-order valence-corrected chi connectivity index (χ4v) is 3.19. The molecule has 114 valence electrons. The molecule has 22 heavy (non-hydrogen) atoms. The number of thiazole rings is 1. The van der Waals surface area contributed by atoms with Crippen LogP contribution in [-0.4, -0.2) is 21.8 Å². The summed E-state index contributed by atoms with van der Waals surface area (Å²) in [6, 6.07) is 10.2. The molecule has 0 aliphatic rings. The predicted octanol–water partition coefficient (Wildman–Crippen LogP) is 3.12. The third kappa shape index (κ3) is 3.03. The van der Waals surface area contributed by atoms with Gasteiger partial charge in [-0.15, -0.1) is 0 Å². The Bertz CT molecular complexity index is 745. The van der Waals surface area contributed by atoms with Gasteiger partial charge in [-0.1, -0.05) is 41.7 Å². The van der Waals surface area contributed by atoms with Crippen LogP contribution in [0, 0.1) is 0 Å². The Balaban J connectivity index is 1.89. The first kappa shape index (κ1) is 14.7. The van der Waals surface area contributed by atoms with Crippen molar-refractivity contribution in [2.45, 2.75) is 19.5 Å². The smallest absolute Gasteiger partial charge is 0.183 e. The Morgan fingerprint density at radius 3 is 2.77 bits per heavy atom. The number of anilines is 1. The quantitative estimate of drug-likeness (QED) is 0.759. The van der Waals surface area contributed by atoms with Crippen molar-refractivity contribution < 1.29 is 0 Å². The molecule has 0 radical (unpaired) electrons. The number of hydrogen-bond acceptors (Lipinski definition) is 5. The van der Waals surface area contributed by atoms with Crippen molar-refractivity contribution in [3.63, 3.8) is 0 Å². The normalized spacial score (nSPS) is 12.3. The molecule has 6 heteroatoms. The molecule has 2 heterocycles. The summed E-state index contributed by atoms with van der Waals surface area (Å²) in [5.74, 6) is 0. The second-order valence-corrected chi connectivity index (χ2v) is 6.21. The fourth-order valence-electron chi connectivity index (χ4n) is 2.30. The lowest BCUT2D eigenvalue weighted by Crippen LogP contribution is -2.04. The van der Waals surface area contributed by atoms with Crippen LogP contribution in [-0.2, 0) is 6.54 Å². The Kier molecular flexibility index (Phi) is 4.22. The maximum absolute atomic E-state index is 6.07. The van der Waals surface area contributed by atoms with E-state index in [0.717, 1.165) is 27.8 Å². The van der Waals surface area contributed by atoms with Gasteiger partial charge in [0, 0.05) is 24.8 Å². The van der Waals surface area contributed by atoms with Crippen LogP contribution in [0.25, 0.3) is 11.3 Å².